The van der Waals surface area contributed by atoms with E-state index in [1.807, 2.05) is 0 Å². The summed E-state index contributed by atoms with van der Waals surface area (Å²) in [5, 5.41) is 0.694. The van der Waals surface area contributed by atoms with E-state index in [9.17, 15) is 0 Å². The van der Waals surface area contributed by atoms with E-state index in [-0.39, 0.29) is 0 Å². The molecule has 0 aliphatic rings. The van der Waals surface area contributed by atoms with Gasteiger partial charge in [0.1, 0.15) is 7.22 Å². The normalized spacial score (nSPS) is 15.2. The molecule has 0 heterocycles. The maximum Gasteiger partial charge on any atom is 0.108 e. The molecule has 0 rings (SSSR count). The van der Waals surface area contributed by atoms with Crippen molar-refractivity contribution in [2.45, 2.75) is 51.6 Å². The molecule has 0 amide bonds. The lowest BCUT2D eigenvalue weighted by Gasteiger charge is -2.19. The number of hydrogen-bond donors (Lipinski definition) is 0. The molecule has 78 valence electrons. The van der Waals surface area contributed by atoms with Crippen molar-refractivity contribution in [3.63, 3.8) is 0 Å². The Morgan fingerprint density at radius 3 is 2.46 bits per heavy atom. The van der Waals surface area contributed by atoms with Crippen LogP contribution >= 0.6 is 11.2 Å². The summed E-state index contributed by atoms with van der Waals surface area (Å²) < 4.78 is 0. The highest BCUT2D eigenvalue weighted by Gasteiger charge is 2.17. The summed E-state index contributed by atoms with van der Waals surface area (Å²) in [5.74, 6) is 0. The van der Waals surface area contributed by atoms with Gasteiger partial charge in [0.2, 0.25) is 0 Å². The van der Waals surface area contributed by atoms with Gasteiger partial charge < -0.3 is 0 Å². The Bertz CT molecular complexity index is 151. The molecule has 0 spiro atoms. The van der Waals surface area contributed by atoms with Crippen LogP contribution in [0, 0.1) is 0 Å². The zero-order chi connectivity index (χ0) is 10.3. The van der Waals surface area contributed by atoms with Gasteiger partial charge in [-0.15, -0.1) is 0 Å². The largest absolute Gasteiger partial charge is 0.296 e. The zero-order valence-electron chi connectivity index (χ0n) is 9.63. The van der Waals surface area contributed by atoms with Gasteiger partial charge in [0.05, 0.1) is 0 Å². The fraction of sp³-hybridized carbons (Fsp3) is 0.900. The molecule has 1 nitrogen and oxygen atoms in total. The number of rotatable bonds is 6. The molecule has 0 aliphatic heterocycles. The Morgan fingerprint density at radius 2 is 2.00 bits per heavy atom. The fourth-order valence-corrected chi connectivity index (χ4v) is 6.30. The highest BCUT2D eigenvalue weighted by atomic mass is 32.4. The lowest BCUT2D eigenvalue weighted by molar-refractivity contribution is 0.940. The second-order valence-electron chi connectivity index (χ2n) is 4.38. The van der Waals surface area contributed by atoms with Gasteiger partial charge in [0.25, 0.3) is 0 Å². The smallest absolute Gasteiger partial charge is 0.108 e. The molecular weight excluding hydrogens is 194 g/mol. The maximum absolute atomic E-state index is 4.42. The molecule has 0 fully saturated rings. The molecule has 0 aromatic carbocycles. The van der Waals surface area contributed by atoms with Crippen LogP contribution < -0.4 is 0 Å². The van der Waals surface area contributed by atoms with E-state index >= 15 is 0 Å². The number of unbranched alkanes of at least 4 members (excludes halogenated alkanes) is 1. The van der Waals surface area contributed by atoms with Gasteiger partial charge in [-0.05, 0) is 12.6 Å². The molecule has 0 aliphatic carbocycles. The third-order valence-corrected chi connectivity index (χ3v) is 6.05. The first-order valence-electron chi connectivity index (χ1n) is 5.12. The minimum absolute atomic E-state index is 0.694. The van der Waals surface area contributed by atoms with Crippen molar-refractivity contribution in [3.8, 4) is 0 Å². The first-order chi connectivity index (χ1) is 5.95. The second-order valence-corrected chi connectivity index (χ2v) is 14.0. The van der Waals surface area contributed by atoms with Crippen molar-refractivity contribution in [1.82, 2.24) is 0 Å². The predicted molar refractivity (Wildman–Crippen MR) is 68.7 cm³/mol. The monoisotopic (exact) mass is 217 g/mol. The minimum atomic E-state index is -0.946. The summed E-state index contributed by atoms with van der Waals surface area (Å²) in [5.41, 5.74) is 0. The average molecular weight is 217 g/mol. The molecule has 0 bridgehead atoms. The zero-order valence-corrected chi connectivity index (χ0v) is 11.4. The Hall–Kier alpha value is 0.237. The van der Waals surface area contributed by atoms with Gasteiger partial charge in [-0.2, -0.15) is 11.2 Å². The third kappa shape index (κ3) is 10.2. The topological polar surface area (TPSA) is 12.4 Å². The van der Waals surface area contributed by atoms with Crippen molar-refractivity contribution in [2.24, 2.45) is 4.99 Å². The van der Waals surface area contributed by atoms with Crippen molar-refractivity contribution >= 4 is 24.6 Å². The van der Waals surface area contributed by atoms with E-state index in [2.05, 4.69) is 55.9 Å². The molecule has 0 N–H and O–H groups in total. The molecule has 0 saturated heterocycles. The van der Waals surface area contributed by atoms with Crippen LogP contribution in [0.2, 0.25) is 19.6 Å². The quantitative estimate of drug-likeness (QED) is 0.487. The van der Waals surface area contributed by atoms with E-state index in [1.165, 1.54) is 6.42 Å². The molecule has 3 heteroatoms. The Morgan fingerprint density at radius 1 is 1.38 bits per heavy atom. The van der Waals surface area contributed by atoms with Crippen LogP contribution in [0.4, 0.5) is 0 Å². The van der Waals surface area contributed by atoms with Gasteiger partial charge in [-0.3, -0.25) is 4.99 Å². The molecule has 13 heavy (non-hydrogen) atoms. The van der Waals surface area contributed by atoms with E-state index in [0.29, 0.717) is 5.25 Å². The van der Waals surface area contributed by atoms with Crippen LogP contribution in [0.3, 0.4) is 0 Å². The summed E-state index contributed by atoms with van der Waals surface area (Å²) in [6.07, 6.45) is 4.41. The summed E-state index contributed by atoms with van der Waals surface area (Å²) >= 11 is 2.14. The van der Waals surface area contributed by atoms with Gasteiger partial charge in [0.15, 0.2) is 0 Å². The molecule has 1 atom stereocenters. The van der Waals surface area contributed by atoms with Crippen LogP contribution in [0.15, 0.2) is 4.99 Å². The van der Waals surface area contributed by atoms with Crippen LogP contribution in [-0.2, 0) is 0 Å². The number of hydrogen-bond acceptors (Lipinski definition) is 2. The van der Waals surface area contributed by atoms with Crippen molar-refractivity contribution in [1.29, 1.82) is 0 Å². The highest BCUT2D eigenvalue weighted by Crippen LogP contribution is 2.24. The maximum atomic E-state index is 4.42. The van der Waals surface area contributed by atoms with Crippen LogP contribution in [0.1, 0.15) is 26.7 Å². The van der Waals surface area contributed by atoms with Gasteiger partial charge in [-0.1, -0.05) is 39.9 Å². The predicted octanol–water partition coefficient (Wildman–Crippen LogP) is 3.81. The lowest BCUT2D eigenvalue weighted by Crippen LogP contribution is -2.20. The standard InChI is InChI=1S/C10H23NSSi/c1-6-7-8-11-9-10(2)12-13(3,4)5/h8,10H,6-7,9H2,1-5H3. The first-order valence-corrected chi connectivity index (χ1v) is 10.2. The summed E-state index contributed by atoms with van der Waals surface area (Å²) in [6, 6.07) is 0. The number of nitrogens with zero attached hydrogens (tertiary/aromatic N) is 1. The Kier molecular flexibility index (Phi) is 6.78. The molecular formula is C10H23NSSi. The van der Waals surface area contributed by atoms with Crippen LogP contribution in [0.5, 0.6) is 0 Å². The molecule has 0 aromatic rings. The average Bonchev–Trinajstić information content (AvgIpc) is 1.94. The van der Waals surface area contributed by atoms with E-state index in [4.69, 9.17) is 0 Å². The van der Waals surface area contributed by atoms with E-state index < -0.39 is 7.22 Å². The summed E-state index contributed by atoms with van der Waals surface area (Å²) in [4.78, 5) is 4.42. The SMILES string of the molecule is CCCC=NCC(C)S[Si](C)(C)C. The second kappa shape index (κ2) is 6.66. The fourth-order valence-electron chi connectivity index (χ4n) is 1.08. The van der Waals surface area contributed by atoms with Crippen molar-refractivity contribution in [3.05, 3.63) is 0 Å². The van der Waals surface area contributed by atoms with Gasteiger partial charge in [-0.25, -0.2) is 0 Å². The van der Waals surface area contributed by atoms with Gasteiger partial charge >= 0.3 is 0 Å². The minimum Gasteiger partial charge on any atom is -0.296 e. The number of aliphatic imine (C=N–C) groups is 1. The van der Waals surface area contributed by atoms with Gasteiger partial charge in [0, 0.05) is 11.8 Å². The third-order valence-electron chi connectivity index (χ3n) is 1.46. The van der Waals surface area contributed by atoms with Crippen LogP contribution in [-0.4, -0.2) is 25.2 Å². The van der Waals surface area contributed by atoms with Crippen molar-refractivity contribution < 1.29 is 0 Å². The summed E-state index contributed by atoms with van der Waals surface area (Å²) in [6.45, 7) is 12.6. The Balaban J connectivity index is 3.57. The molecule has 0 radical (unpaired) electrons. The summed E-state index contributed by atoms with van der Waals surface area (Å²) in [7, 11) is -0.946. The van der Waals surface area contributed by atoms with Crippen LogP contribution in [0.25, 0.3) is 0 Å². The van der Waals surface area contributed by atoms with E-state index in [0.717, 1.165) is 13.0 Å². The highest BCUT2D eigenvalue weighted by molar-refractivity contribution is 8.29. The molecule has 1 unspecified atom stereocenters. The molecule has 0 aromatic heterocycles. The van der Waals surface area contributed by atoms with Crippen molar-refractivity contribution in [2.75, 3.05) is 6.54 Å². The lowest BCUT2D eigenvalue weighted by atomic mass is 10.4. The van der Waals surface area contributed by atoms with E-state index in [1.54, 1.807) is 0 Å². The molecule has 0 saturated carbocycles. The Labute approximate surface area is 88.1 Å². The first kappa shape index (κ1) is 13.2.